The van der Waals surface area contributed by atoms with Gasteiger partial charge in [-0.3, -0.25) is 0 Å². The van der Waals surface area contributed by atoms with Crippen LogP contribution in [-0.4, -0.2) is 52.3 Å². The summed E-state index contributed by atoms with van der Waals surface area (Å²) < 4.78 is 7.39. The Morgan fingerprint density at radius 3 is 2.75 bits per heavy atom. The Hall–Kier alpha value is -0.660. The highest BCUT2D eigenvalue weighted by molar-refractivity contribution is 7.99. The lowest BCUT2D eigenvalue weighted by Crippen LogP contribution is -2.24. The summed E-state index contributed by atoms with van der Waals surface area (Å²) >= 11 is 1.64. The van der Waals surface area contributed by atoms with Crippen LogP contribution in [-0.2, 0) is 11.3 Å². The van der Waals surface area contributed by atoms with Gasteiger partial charge in [-0.05, 0) is 28.8 Å². The molecule has 0 bridgehead atoms. The van der Waals surface area contributed by atoms with Crippen molar-refractivity contribution in [2.75, 3.05) is 32.1 Å². The molecule has 6 nitrogen and oxygen atoms in total. The number of rotatable bonds is 11. The molecule has 1 aromatic heterocycles. The molecule has 0 atom stereocenters. The first-order valence-electron chi connectivity index (χ1n) is 7.27. The van der Waals surface area contributed by atoms with Crippen molar-refractivity contribution in [3.05, 3.63) is 0 Å². The zero-order valence-electron chi connectivity index (χ0n) is 13.0. The highest BCUT2D eigenvalue weighted by Gasteiger charge is 2.06. The maximum atomic E-state index is 5.55. The molecule has 0 saturated heterocycles. The number of ether oxygens (including phenoxy) is 1. The molecule has 0 spiro atoms. The monoisotopic (exact) mass is 301 g/mol. The lowest BCUT2D eigenvalue weighted by atomic mass is 10.2. The van der Waals surface area contributed by atoms with Crippen LogP contribution < -0.4 is 5.32 Å². The molecule has 116 valence electrons. The van der Waals surface area contributed by atoms with E-state index in [0.29, 0.717) is 11.8 Å². The average Bonchev–Trinajstić information content (AvgIpc) is 2.81. The quantitative estimate of drug-likeness (QED) is 0.495. The first-order chi connectivity index (χ1) is 9.59. The number of hydrogen-bond donors (Lipinski definition) is 1. The fourth-order valence-electron chi connectivity index (χ4n) is 1.53. The van der Waals surface area contributed by atoms with Crippen LogP contribution in [0, 0.1) is 11.8 Å². The van der Waals surface area contributed by atoms with Crippen LogP contribution in [0.3, 0.4) is 0 Å². The van der Waals surface area contributed by atoms with Crippen molar-refractivity contribution in [3.8, 4) is 0 Å². The number of tetrazole rings is 1. The second kappa shape index (κ2) is 10.1. The number of thioether (sulfide) groups is 1. The molecule has 0 aliphatic rings. The maximum Gasteiger partial charge on any atom is 0.209 e. The van der Waals surface area contributed by atoms with E-state index in [4.69, 9.17) is 4.74 Å². The van der Waals surface area contributed by atoms with Crippen molar-refractivity contribution < 1.29 is 4.74 Å². The van der Waals surface area contributed by atoms with Gasteiger partial charge in [-0.15, -0.1) is 5.10 Å². The number of nitrogens with one attached hydrogen (secondary N) is 1. The number of hydrogen-bond acceptors (Lipinski definition) is 6. The largest absolute Gasteiger partial charge is 0.380 e. The number of nitrogens with zero attached hydrogens (tertiary/aromatic N) is 4. The van der Waals surface area contributed by atoms with E-state index in [1.54, 1.807) is 11.8 Å². The molecule has 0 aromatic carbocycles. The Morgan fingerprint density at radius 2 is 2.05 bits per heavy atom. The molecule has 0 fully saturated rings. The highest BCUT2D eigenvalue weighted by Crippen LogP contribution is 2.12. The van der Waals surface area contributed by atoms with Gasteiger partial charge in [0.25, 0.3) is 0 Å². The molecule has 0 aliphatic carbocycles. The third-order valence-corrected chi connectivity index (χ3v) is 3.38. The molecular formula is C13H27N5OS. The molecule has 0 aliphatic heterocycles. The summed E-state index contributed by atoms with van der Waals surface area (Å²) in [5, 5.41) is 16.0. The third-order valence-electron chi connectivity index (χ3n) is 2.46. The predicted octanol–water partition coefficient (Wildman–Crippen LogP) is 1.68. The molecule has 0 amide bonds. The van der Waals surface area contributed by atoms with Gasteiger partial charge in [0.1, 0.15) is 0 Å². The SMILES string of the molecule is CC(C)CNCCn1nnnc1SCCOCC(C)C. The van der Waals surface area contributed by atoms with Crippen LogP contribution in [0.15, 0.2) is 5.16 Å². The summed E-state index contributed by atoms with van der Waals surface area (Å²) in [6, 6.07) is 0. The fourth-order valence-corrected chi connectivity index (χ4v) is 2.28. The van der Waals surface area contributed by atoms with Crippen LogP contribution in [0.2, 0.25) is 0 Å². The summed E-state index contributed by atoms with van der Waals surface area (Å²) in [5.74, 6) is 2.13. The third kappa shape index (κ3) is 7.81. The Kier molecular flexibility index (Phi) is 8.80. The second-order valence-electron chi connectivity index (χ2n) is 5.60. The Morgan fingerprint density at radius 1 is 1.25 bits per heavy atom. The van der Waals surface area contributed by atoms with Crippen molar-refractivity contribution in [2.24, 2.45) is 11.8 Å². The summed E-state index contributed by atoms with van der Waals surface area (Å²) in [5.41, 5.74) is 0. The summed E-state index contributed by atoms with van der Waals surface area (Å²) in [7, 11) is 0. The Bertz CT molecular complexity index is 356. The predicted molar refractivity (Wildman–Crippen MR) is 81.9 cm³/mol. The average molecular weight is 301 g/mol. The van der Waals surface area contributed by atoms with Gasteiger partial charge in [0.15, 0.2) is 0 Å². The van der Waals surface area contributed by atoms with Gasteiger partial charge in [0, 0.05) is 18.9 Å². The molecule has 1 N–H and O–H groups in total. The minimum Gasteiger partial charge on any atom is -0.380 e. The first-order valence-corrected chi connectivity index (χ1v) is 8.25. The standard InChI is InChI=1S/C13H27N5OS/c1-11(2)9-14-5-6-18-13(15-16-17-18)20-8-7-19-10-12(3)4/h11-12,14H,5-10H2,1-4H3. The van der Waals surface area contributed by atoms with Crippen molar-refractivity contribution >= 4 is 11.8 Å². The van der Waals surface area contributed by atoms with E-state index >= 15 is 0 Å². The van der Waals surface area contributed by atoms with E-state index < -0.39 is 0 Å². The van der Waals surface area contributed by atoms with Crippen LogP contribution in [0.25, 0.3) is 0 Å². The van der Waals surface area contributed by atoms with Gasteiger partial charge in [0.05, 0.1) is 13.2 Å². The lowest BCUT2D eigenvalue weighted by molar-refractivity contribution is 0.124. The summed E-state index contributed by atoms with van der Waals surface area (Å²) in [4.78, 5) is 0. The Balaban J connectivity index is 2.18. The van der Waals surface area contributed by atoms with Gasteiger partial charge in [-0.1, -0.05) is 39.5 Å². The van der Waals surface area contributed by atoms with E-state index in [1.165, 1.54) is 0 Å². The molecule has 0 radical (unpaired) electrons. The summed E-state index contributed by atoms with van der Waals surface area (Å²) in [6.07, 6.45) is 0. The van der Waals surface area contributed by atoms with Gasteiger partial charge < -0.3 is 10.1 Å². The molecule has 1 aromatic rings. The smallest absolute Gasteiger partial charge is 0.209 e. The molecular weight excluding hydrogens is 274 g/mol. The van der Waals surface area contributed by atoms with Crippen LogP contribution >= 0.6 is 11.8 Å². The molecule has 0 unspecified atom stereocenters. The normalized spacial score (nSPS) is 11.7. The fraction of sp³-hybridized carbons (Fsp3) is 0.923. The molecule has 1 rings (SSSR count). The van der Waals surface area contributed by atoms with E-state index in [1.807, 2.05) is 4.68 Å². The van der Waals surface area contributed by atoms with E-state index in [9.17, 15) is 0 Å². The van der Waals surface area contributed by atoms with Crippen molar-refractivity contribution in [3.63, 3.8) is 0 Å². The lowest BCUT2D eigenvalue weighted by Gasteiger charge is -2.08. The van der Waals surface area contributed by atoms with Crippen LogP contribution in [0.1, 0.15) is 27.7 Å². The Labute approximate surface area is 126 Å². The molecule has 7 heteroatoms. The van der Waals surface area contributed by atoms with Gasteiger partial charge in [-0.2, -0.15) is 0 Å². The zero-order chi connectivity index (χ0) is 14.8. The van der Waals surface area contributed by atoms with Crippen molar-refractivity contribution in [1.29, 1.82) is 0 Å². The minimum atomic E-state index is 0.581. The van der Waals surface area contributed by atoms with Gasteiger partial charge in [-0.25, -0.2) is 4.68 Å². The molecule has 20 heavy (non-hydrogen) atoms. The van der Waals surface area contributed by atoms with Crippen molar-refractivity contribution in [1.82, 2.24) is 25.5 Å². The van der Waals surface area contributed by atoms with E-state index in [0.717, 1.165) is 43.8 Å². The first kappa shape index (κ1) is 17.4. The maximum absolute atomic E-state index is 5.55. The number of aromatic nitrogens is 4. The van der Waals surface area contributed by atoms with Gasteiger partial charge >= 0.3 is 0 Å². The summed E-state index contributed by atoms with van der Waals surface area (Å²) in [6.45, 7) is 13.0. The van der Waals surface area contributed by atoms with E-state index in [2.05, 4.69) is 48.5 Å². The second-order valence-corrected chi connectivity index (χ2v) is 6.66. The zero-order valence-corrected chi connectivity index (χ0v) is 13.8. The highest BCUT2D eigenvalue weighted by atomic mass is 32.2. The molecule has 1 heterocycles. The topological polar surface area (TPSA) is 64.9 Å². The van der Waals surface area contributed by atoms with Crippen molar-refractivity contribution in [2.45, 2.75) is 39.4 Å². The van der Waals surface area contributed by atoms with Crippen LogP contribution in [0.5, 0.6) is 0 Å². The van der Waals surface area contributed by atoms with E-state index in [-0.39, 0.29) is 0 Å². The minimum absolute atomic E-state index is 0.581. The van der Waals surface area contributed by atoms with Crippen LogP contribution in [0.4, 0.5) is 0 Å². The molecule has 0 saturated carbocycles. The van der Waals surface area contributed by atoms with Gasteiger partial charge in [0.2, 0.25) is 5.16 Å².